The van der Waals surface area contributed by atoms with Crippen LogP contribution in [0.5, 0.6) is 5.75 Å². The van der Waals surface area contributed by atoms with Gasteiger partial charge in [0.05, 0.1) is 13.0 Å². The summed E-state index contributed by atoms with van der Waals surface area (Å²) in [6.07, 6.45) is 0.229. The molecule has 0 saturated carbocycles. The van der Waals surface area contributed by atoms with E-state index in [1.54, 1.807) is 12.1 Å². The quantitative estimate of drug-likeness (QED) is 0.785. The van der Waals surface area contributed by atoms with Crippen molar-refractivity contribution in [3.63, 3.8) is 0 Å². The van der Waals surface area contributed by atoms with Gasteiger partial charge < -0.3 is 15.4 Å². The van der Waals surface area contributed by atoms with Crippen molar-refractivity contribution in [2.75, 3.05) is 18.5 Å². The van der Waals surface area contributed by atoms with E-state index in [1.165, 1.54) is 12.1 Å². The van der Waals surface area contributed by atoms with Crippen LogP contribution in [0.1, 0.15) is 18.9 Å². The average molecular weight is 316 g/mol. The normalized spacial score (nSPS) is 10.3. The van der Waals surface area contributed by atoms with Gasteiger partial charge >= 0.3 is 0 Å². The van der Waals surface area contributed by atoms with Gasteiger partial charge in [-0.2, -0.15) is 0 Å². The summed E-state index contributed by atoms with van der Waals surface area (Å²) < 4.78 is 18.2. The number of hydrogen-bond acceptors (Lipinski definition) is 3. The molecule has 0 aliphatic heterocycles. The van der Waals surface area contributed by atoms with Crippen molar-refractivity contribution >= 4 is 11.6 Å². The predicted octanol–water partition coefficient (Wildman–Crippen LogP) is 3.34. The van der Waals surface area contributed by atoms with Gasteiger partial charge in [-0.1, -0.05) is 25.1 Å². The Kier molecular flexibility index (Phi) is 6.56. The van der Waals surface area contributed by atoms with Crippen molar-refractivity contribution in [2.24, 2.45) is 0 Å². The number of carbonyl (C=O) groups excluding carboxylic acids is 1. The Bertz CT molecular complexity index is 629. The molecule has 0 bridgehead atoms. The van der Waals surface area contributed by atoms with E-state index in [1.807, 2.05) is 31.2 Å². The van der Waals surface area contributed by atoms with Gasteiger partial charge in [0.15, 0.2) is 0 Å². The molecule has 2 rings (SSSR count). The van der Waals surface area contributed by atoms with Crippen molar-refractivity contribution in [3.8, 4) is 5.75 Å². The van der Waals surface area contributed by atoms with E-state index >= 15 is 0 Å². The lowest BCUT2D eigenvalue weighted by Gasteiger charge is -2.11. The Morgan fingerprint density at radius 2 is 1.87 bits per heavy atom. The van der Waals surface area contributed by atoms with E-state index in [-0.39, 0.29) is 24.8 Å². The van der Waals surface area contributed by atoms with E-state index in [4.69, 9.17) is 4.74 Å². The highest BCUT2D eigenvalue weighted by Gasteiger charge is 2.06. The van der Waals surface area contributed by atoms with Gasteiger partial charge in [0, 0.05) is 12.2 Å². The highest BCUT2D eigenvalue weighted by atomic mass is 19.1. The summed E-state index contributed by atoms with van der Waals surface area (Å²) in [6.45, 7) is 3.85. The lowest BCUT2D eigenvalue weighted by atomic mass is 10.1. The van der Waals surface area contributed by atoms with Crippen molar-refractivity contribution in [1.29, 1.82) is 0 Å². The zero-order valence-corrected chi connectivity index (χ0v) is 13.1. The molecule has 4 nitrogen and oxygen atoms in total. The molecule has 23 heavy (non-hydrogen) atoms. The first-order chi connectivity index (χ1) is 11.2. The van der Waals surface area contributed by atoms with Crippen molar-refractivity contribution < 1.29 is 13.9 Å². The molecule has 0 aliphatic carbocycles. The summed E-state index contributed by atoms with van der Waals surface area (Å²) in [6, 6.07) is 13.4. The number of benzene rings is 2. The van der Waals surface area contributed by atoms with Gasteiger partial charge in [0.1, 0.15) is 11.6 Å². The van der Waals surface area contributed by atoms with Gasteiger partial charge in [0.25, 0.3) is 0 Å². The SMILES string of the molecule is CCNCc1ccccc1NC(=O)CCOc1ccc(F)cc1. The van der Waals surface area contributed by atoms with E-state index in [2.05, 4.69) is 10.6 Å². The minimum absolute atomic E-state index is 0.115. The molecule has 0 saturated heterocycles. The van der Waals surface area contributed by atoms with Crippen LogP contribution in [-0.4, -0.2) is 19.1 Å². The Hall–Kier alpha value is -2.40. The van der Waals surface area contributed by atoms with E-state index in [0.717, 1.165) is 17.8 Å². The summed E-state index contributed by atoms with van der Waals surface area (Å²) in [5.74, 6) is 0.121. The molecule has 0 atom stereocenters. The monoisotopic (exact) mass is 316 g/mol. The fourth-order valence-electron chi connectivity index (χ4n) is 2.06. The second kappa shape index (κ2) is 8.90. The number of amides is 1. The Balaban J connectivity index is 1.81. The van der Waals surface area contributed by atoms with Crippen LogP contribution in [0, 0.1) is 5.82 Å². The molecule has 0 spiro atoms. The summed E-state index contributed by atoms with van der Waals surface area (Å²) >= 11 is 0. The second-order valence-corrected chi connectivity index (χ2v) is 5.04. The first-order valence-corrected chi connectivity index (χ1v) is 7.66. The van der Waals surface area contributed by atoms with Gasteiger partial charge in [-0.15, -0.1) is 0 Å². The zero-order valence-electron chi connectivity index (χ0n) is 13.1. The molecule has 0 fully saturated rings. The van der Waals surface area contributed by atoms with Crippen molar-refractivity contribution in [3.05, 3.63) is 59.9 Å². The van der Waals surface area contributed by atoms with Crippen LogP contribution in [0.4, 0.5) is 10.1 Å². The molecule has 0 radical (unpaired) electrons. The molecule has 122 valence electrons. The molecule has 5 heteroatoms. The van der Waals surface area contributed by atoms with Gasteiger partial charge in [-0.3, -0.25) is 4.79 Å². The molecule has 0 unspecified atom stereocenters. The van der Waals surface area contributed by atoms with Crippen LogP contribution in [0.15, 0.2) is 48.5 Å². The minimum Gasteiger partial charge on any atom is -0.493 e. The minimum atomic E-state index is -0.313. The standard InChI is InChI=1S/C18H21FN2O2/c1-2-20-13-14-5-3-4-6-17(14)21-18(22)11-12-23-16-9-7-15(19)8-10-16/h3-10,20H,2,11-13H2,1H3,(H,21,22). The van der Waals surface area contributed by atoms with Crippen LogP contribution in [0.3, 0.4) is 0 Å². The fraction of sp³-hybridized carbons (Fsp3) is 0.278. The van der Waals surface area contributed by atoms with Gasteiger partial charge in [0.2, 0.25) is 5.91 Å². The third kappa shape index (κ3) is 5.71. The number of rotatable bonds is 8. The molecule has 0 heterocycles. The Labute approximate surface area is 135 Å². The third-order valence-electron chi connectivity index (χ3n) is 3.27. The van der Waals surface area contributed by atoms with Crippen LogP contribution in [-0.2, 0) is 11.3 Å². The van der Waals surface area contributed by atoms with Crippen LogP contribution < -0.4 is 15.4 Å². The highest BCUT2D eigenvalue weighted by molar-refractivity contribution is 5.91. The maximum absolute atomic E-state index is 12.8. The number of carbonyl (C=O) groups is 1. The molecule has 2 aromatic rings. The molecular formula is C18H21FN2O2. The highest BCUT2D eigenvalue weighted by Crippen LogP contribution is 2.15. The zero-order chi connectivity index (χ0) is 16.5. The van der Waals surface area contributed by atoms with Crippen LogP contribution >= 0.6 is 0 Å². The summed E-state index contributed by atoms with van der Waals surface area (Å²) in [4.78, 5) is 12.0. The summed E-state index contributed by atoms with van der Waals surface area (Å²) in [5.41, 5.74) is 1.85. The average Bonchev–Trinajstić information content (AvgIpc) is 2.56. The van der Waals surface area contributed by atoms with E-state index < -0.39 is 0 Å². The number of anilines is 1. The number of hydrogen-bond donors (Lipinski definition) is 2. The van der Waals surface area contributed by atoms with Crippen LogP contribution in [0.25, 0.3) is 0 Å². The number of nitrogens with one attached hydrogen (secondary N) is 2. The molecule has 2 aromatic carbocycles. The van der Waals surface area contributed by atoms with Crippen LogP contribution in [0.2, 0.25) is 0 Å². The smallest absolute Gasteiger partial charge is 0.227 e. The predicted molar refractivity (Wildman–Crippen MR) is 89.0 cm³/mol. The fourth-order valence-corrected chi connectivity index (χ4v) is 2.06. The largest absolute Gasteiger partial charge is 0.493 e. The second-order valence-electron chi connectivity index (χ2n) is 5.04. The maximum Gasteiger partial charge on any atom is 0.227 e. The topological polar surface area (TPSA) is 50.4 Å². The first-order valence-electron chi connectivity index (χ1n) is 7.66. The first kappa shape index (κ1) is 17.0. The Morgan fingerprint density at radius 1 is 1.13 bits per heavy atom. The lowest BCUT2D eigenvalue weighted by Crippen LogP contribution is -2.18. The summed E-state index contributed by atoms with van der Waals surface area (Å²) in [5, 5.41) is 6.14. The van der Waals surface area contributed by atoms with Crippen molar-refractivity contribution in [2.45, 2.75) is 19.9 Å². The molecule has 2 N–H and O–H groups in total. The Morgan fingerprint density at radius 3 is 2.61 bits per heavy atom. The maximum atomic E-state index is 12.8. The molecule has 0 aromatic heterocycles. The summed E-state index contributed by atoms with van der Waals surface area (Å²) in [7, 11) is 0. The number of para-hydroxylation sites is 1. The third-order valence-corrected chi connectivity index (χ3v) is 3.27. The van der Waals surface area contributed by atoms with E-state index in [0.29, 0.717) is 12.3 Å². The molecular weight excluding hydrogens is 295 g/mol. The van der Waals surface area contributed by atoms with Gasteiger partial charge in [-0.25, -0.2) is 4.39 Å². The number of ether oxygens (including phenoxy) is 1. The van der Waals surface area contributed by atoms with E-state index in [9.17, 15) is 9.18 Å². The number of halogens is 1. The van der Waals surface area contributed by atoms with Gasteiger partial charge in [-0.05, 0) is 42.4 Å². The van der Waals surface area contributed by atoms with Crippen molar-refractivity contribution in [1.82, 2.24) is 5.32 Å². The molecule has 0 aliphatic rings. The lowest BCUT2D eigenvalue weighted by molar-refractivity contribution is -0.116. The molecule has 1 amide bonds.